The van der Waals surface area contributed by atoms with Crippen LogP contribution in [0.2, 0.25) is 5.02 Å². The Morgan fingerprint density at radius 1 is 1.12 bits per heavy atom. The van der Waals surface area contributed by atoms with Gasteiger partial charge < -0.3 is 10.2 Å². The van der Waals surface area contributed by atoms with E-state index < -0.39 is 40.0 Å². The molecule has 2 fully saturated rings. The Hall–Kier alpha value is -2.47. The molecule has 32 heavy (non-hydrogen) atoms. The maximum absolute atomic E-state index is 12.9. The summed E-state index contributed by atoms with van der Waals surface area (Å²) in [5.74, 6) is -0.894. The summed E-state index contributed by atoms with van der Waals surface area (Å²) in [5.41, 5.74) is -1.20. The van der Waals surface area contributed by atoms with Crippen molar-refractivity contribution in [1.82, 2.24) is 19.4 Å². The van der Waals surface area contributed by atoms with Gasteiger partial charge in [0.2, 0.25) is 15.9 Å². The minimum atomic E-state index is -3.70. The van der Waals surface area contributed by atoms with Crippen LogP contribution in [0, 0.1) is 0 Å². The molecule has 1 atom stereocenters. The topological polar surface area (TPSA) is 107 Å². The first-order chi connectivity index (χ1) is 15.1. The summed E-state index contributed by atoms with van der Waals surface area (Å²) in [5, 5.41) is 4.92. The molecule has 2 aromatic rings. The van der Waals surface area contributed by atoms with E-state index in [1.165, 1.54) is 44.8 Å². The molecule has 4 amide bonds. The zero-order chi connectivity index (χ0) is 23.1. The molecular formula is C20H21ClN4O5S2. The lowest BCUT2D eigenvalue weighted by Crippen LogP contribution is -2.53. The Bertz CT molecular complexity index is 1150. The number of hydrogen-bond donors (Lipinski definition) is 1. The van der Waals surface area contributed by atoms with Crippen LogP contribution < -0.4 is 5.32 Å². The zero-order valence-electron chi connectivity index (χ0n) is 17.2. The summed E-state index contributed by atoms with van der Waals surface area (Å²) in [4.78, 5) is 41.3. The Kier molecular flexibility index (Phi) is 6.01. The number of urea groups is 1. The van der Waals surface area contributed by atoms with E-state index in [1.54, 1.807) is 19.1 Å². The fraction of sp³-hybridized carbons (Fsp3) is 0.350. The molecule has 1 unspecified atom stereocenters. The maximum atomic E-state index is 12.9. The van der Waals surface area contributed by atoms with Crippen molar-refractivity contribution in [2.45, 2.75) is 17.4 Å². The van der Waals surface area contributed by atoms with Crippen molar-refractivity contribution >= 4 is 50.8 Å². The highest BCUT2D eigenvalue weighted by Gasteiger charge is 2.50. The third kappa shape index (κ3) is 4.01. The molecule has 0 bridgehead atoms. The highest BCUT2D eigenvalue weighted by molar-refractivity contribution is 7.89. The predicted molar refractivity (Wildman–Crippen MR) is 119 cm³/mol. The van der Waals surface area contributed by atoms with E-state index in [0.29, 0.717) is 9.90 Å². The third-order valence-corrected chi connectivity index (χ3v) is 8.88. The smallest absolute Gasteiger partial charge is 0.325 e. The minimum Gasteiger partial charge on any atom is -0.338 e. The van der Waals surface area contributed by atoms with E-state index in [9.17, 15) is 22.8 Å². The van der Waals surface area contributed by atoms with E-state index in [4.69, 9.17) is 11.6 Å². The van der Waals surface area contributed by atoms with Gasteiger partial charge in [0.05, 0.1) is 4.90 Å². The fourth-order valence-corrected chi connectivity index (χ4v) is 6.12. The lowest BCUT2D eigenvalue weighted by atomic mass is 10.0. The molecule has 12 heteroatoms. The van der Waals surface area contributed by atoms with Crippen LogP contribution in [0.4, 0.5) is 4.79 Å². The molecule has 4 rings (SSSR count). The van der Waals surface area contributed by atoms with Crippen LogP contribution >= 0.6 is 22.9 Å². The molecule has 170 valence electrons. The van der Waals surface area contributed by atoms with Crippen LogP contribution in [-0.4, -0.2) is 73.1 Å². The zero-order valence-corrected chi connectivity index (χ0v) is 19.5. The van der Waals surface area contributed by atoms with Crippen LogP contribution in [0.25, 0.3) is 0 Å². The van der Waals surface area contributed by atoms with E-state index in [0.717, 1.165) is 4.90 Å². The molecule has 3 heterocycles. The first kappa shape index (κ1) is 22.7. The summed E-state index contributed by atoms with van der Waals surface area (Å²) in [7, 11) is -3.70. The van der Waals surface area contributed by atoms with Gasteiger partial charge in [-0.05, 0) is 42.6 Å². The standard InChI is InChI=1S/C20H21ClN4O5S2/c1-20(16-3-2-12-31-16)18(27)25(19(28)22-20)13-17(26)23-8-10-24(11-9-23)32(29,30)15-6-4-14(21)5-7-15/h2-7,12H,8-11,13H2,1H3,(H,22,28). The number of rotatable bonds is 5. The Morgan fingerprint density at radius 2 is 1.78 bits per heavy atom. The van der Waals surface area contributed by atoms with Crippen molar-refractivity contribution in [3.05, 3.63) is 51.7 Å². The van der Waals surface area contributed by atoms with Gasteiger partial charge in [0.15, 0.2) is 5.54 Å². The molecule has 1 N–H and O–H groups in total. The lowest BCUT2D eigenvalue weighted by molar-refractivity contribution is -0.139. The predicted octanol–water partition coefficient (Wildman–Crippen LogP) is 1.70. The van der Waals surface area contributed by atoms with Crippen molar-refractivity contribution < 1.29 is 22.8 Å². The first-order valence-electron chi connectivity index (χ1n) is 9.84. The number of imide groups is 1. The molecule has 0 saturated carbocycles. The van der Waals surface area contributed by atoms with Crippen LogP contribution in [0.15, 0.2) is 46.7 Å². The van der Waals surface area contributed by atoms with Crippen LogP contribution in [0.5, 0.6) is 0 Å². The van der Waals surface area contributed by atoms with Gasteiger partial charge in [-0.25, -0.2) is 13.2 Å². The second kappa shape index (κ2) is 8.47. The average Bonchev–Trinajstić information content (AvgIpc) is 3.39. The van der Waals surface area contributed by atoms with Crippen molar-refractivity contribution in [2.24, 2.45) is 0 Å². The SMILES string of the molecule is CC1(c2cccs2)NC(=O)N(CC(=O)N2CCN(S(=O)(=O)c3ccc(Cl)cc3)CC2)C1=O. The molecular weight excluding hydrogens is 476 g/mol. The van der Waals surface area contributed by atoms with Crippen molar-refractivity contribution in [3.63, 3.8) is 0 Å². The average molecular weight is 497 g/mol. The van der Waals surface area contributed by atoms with Gasteiger partial charge in [-0.3, -0.25) is 14.5 Å². The number of carbonyl (C=O) groups excluding carboxylic acids is 3. The van der Waals surface area contributed by atoms with Gasteiger partial charge in [-0.1, -0.05) is 17.7 Å². The Morgan fingerprint density at radius 3 is 2.38 bits per heavy atom. The first-order valence-corrected chi connectivity index (χ1v) is 12.5. The third-order valence-electron chi connectivity index (χ3n) is 5.63. The van der Waals surface area contributed by atoms with E-state index in [-0.39, 0.29) is 31.1 Å². The maximum Gasteiger partial charge on any atom is 0.325 e. The number of hydrogen-bond acceptors (Lipinski definition) is 6. The number of sulfonamides is 1. The molecule has 2 aliphatic heterocycles. The van der Waals surface area contributed by atoms with Crippen LogP contribution in [-0.2, 0) is 25.2 Å². The number of thiophene rings is 1. The largest absolute Gasteiger partial charge is 0.338 e. The quantitative estimate of drug-likeness (QED) is 0.634. The van der Waals surface area contributed by atoms with E-state index >= 15 is 0 Å². The second-order valence-corrected chi connectivity index (χ2v) is 11.0. The summed E-state index contributed by atoms with van der Waals surface area (Å²) in [6.07, 6.45) is 0. The number of benzene rings is 1. The summed E-state index contributed by atoms with van der Waals surface area (Å²) in [6.45, 7) is 1.78. The fourth-order valence-electron chi connectivity index (χ4n) is 3.74. The van der Waals surface area contributed by atoms with Gasteiger partial charge in [-0.2, -0.15) is 4.31 Å². The second-order valence-electron chi connectivity index (χ2n) is 7.66. The van der Waals surface area contributed by atoms with Crippen molar-refractivity contribution in [3.8, 4) is 0 Å². The summed E-state index contributed by atoms with van der Waals surface area (Å²) in [6, 6.07) is 8.83. The highest BCUT2D eigenvalue weighted by atomic mass is 35.5. The van der Waals surface area contributed by atoms with Gasteiger partial charge in [0.1, 0.15) is 6.54 Å². The van der Waals surface area contributed by atoms with Gasteiger partial charge in [-0.15, -0.1) is 11.3 Å². The van der Waals surface area contributed by atoms with Gasteiger partial charge in [0, 0.05) is 36.1 Å². The number of nitrogens with zero attached hydrogens (tertiary/aromatic N) is 3. The molecule has 0 aliphatic carbocycles. The molecule has 1 aromatic carbocycles. The van der Waals surface area contributed by atoms with Crippen LogP contribution in [0.3, 0.4) is 0 Å². The number of nitrogens with one attached hydrogen (secondary N) is 1. The van der Waals surface area contributed by atoms with Gasteiger partial charge >= 0.3 is 6.03 Å². The molecule has 0 spiro atoms. The Balaban J connectivity index is 1.38. The normalized spacial score (nSPS) is 22.3. The lowest BCUT2D eigenvalue weighted by Gasteiger charge is -2.34. The summed E-state index contributed by atoms with van der Waals surface area (Å²) < 4.78 is 26.9. The molecule has 0 radical (unpaired) electrons. The van der Waals surface area contributed by atoms with Crippen molar-refractivity contribution in [2.75, 3.05) is 32.7 Å². The highest BCUT2D eigenvalue weighted by Crippen LogP contribution is 2.31. The molecule has 9 nitrogen and oxygen atoms in total. The molecule has 1 aromatic heterocycles. The number of halogens is 1. The number of amides is 4. The number of carbonyl (C=O) groups is 3. The molecule has 2 saturated heterocycles. The number of piperazine rings is 1. The monoisotopic (exact) mass is 496 g/mol. The summed E-state index contributed by atoms with van der Waals surface area (Å²) >= 11 is 7.18. The van der Waals surface area contributed by atoms with Crippen molar-refractivity contribution in [1.29, 1.82) is 0 Å². The Labute approximate surface area is 194 Å². The molecule has 2 aliphatic rings. The van der Waals surface area contributed by atoms with E-state index in [2.05, 4.69) is 5.32 Å². The van der Waals surface area contributed by atoms with E-state index in [1.807, 2.05) is 5.38 Å². The van der Waals surface area contributed by atoms with Crippen LogP contribution in [0.1, 0.15) is 11.8 Å². The minimum absolute atomic E-state index is 0.115. The van der Waals surface area contributed by atoms with Gasteiger partial charge in [0.25, 0.3) is 5.91 Å².